The summed E-state index contributed by atoms with van der Waals surface area (Å²) in [6, 6.07) is 11.9. The highest BCUT2D eigenvalue weighted by atomic mass is 15.3. The van der Waals surface area contributed by atoms with Gasteiger partial charge in [-0.3, -0.25) is 0 Å². The van der Waals surface area contributed by atoms with E-state index in [2.05, 4.69) is 68.9 Å². The number of nitrogens with one attached hydrogen (secondary N) is 3. The Kier molecular flexibility index (Phi) is 3.96. The highest BCUT2D eigenvalue weighted by Crippen LogP contribution is 2.26. The Balaban J connectivity index is 1.58. The Labute approximate surface area is 150 Å². The summed E-state index contributed by atoms with van der Waals surface area (Å²) in [6.45, 7) is 6.29. The van der Waals surface area contributed by atoms with E-state index in [0.29, 0.717) is 5.95 Å². The summed E-state index contributed by atoms with van der Waals surface area (Å²) in [5.74, 6) is 1.25. The van der Waals surface area contributed by atoms with Crippen LogP contribution in [0.3, 0.4) is 0 Å². The van der Waals surface area contributed by atoms with Crippen molar-refractivity contribution in [1.82, 2.24) is 25.4 Å². The number of hydrogen-bond acceptors (Lipinski definition) is 6. The molecule has 0 atom stereocenters. The molecule has 0 spiro atoms. The van der Waals surface area contributed by atoms with Gasteiger partial charge in [0.1, 0.15) is 16.9 Å². The van der Waals surface area contributed by atoms with E-state index in [1.807, 2.05) is 24.3 Å². The van der Waals surface area contributed by atoms with Crippen LogP contribution in [0.25, 0.3) is 11.0 Å². The van der Waals surface area contributed by atoms with Gasteiger partial charge in [-0.1, -0.05) is 17.7 Å². The standard InChI is InChI=1S/C19H19N7/c1-11-8-12(2)18(13(3)9-11)22-17-6-7-20-19(23-17)21-14-4-5-15-16(10-14)25-26-24-15/h4-10H,1-3H3,(H,24,25,26)(H2,20,21,22,23). The molecule has 0 amide bonds. The van der Waals surface area contributed by atoms with Gasteiger partial charge in [-0.05, 0) is 56.2 Å². The van der Waals surface area contributed by atoms with Gasteiger partial charge < -0.3 is 10.6 Å². The molecule has 26 heavy (non-hydrogen) atoms. The fourth-order valence-electron chi connectivity index (χ4n) is 3.04. The van der Waals surface area contributed by atoms with Gasteiger partial charge in [0.2, 0.25) is 5.95 Å². The van der Waals surface area contributed by atoms with Gasteiger partial charge in [0.05, 0.1) is 0 Å². The van der Waals surface area contributed by atoms with Crippen LogP contribution in [0.5, 0.6) is 0 Å². The molecular weight excluding hydrogens is 326 g/mol. The van der Waals surface area contributed by atoms with Crippen molar-refractivity contribution in [3.8, 4) is 0 Å². The smallest absolute Gasteiger partial charge is 0.229 e. The van der Waals surface area contributed by atoms with E-state index in [4.69, 9.17) is 0 Å². The molecule has 4 aromatic rings. The van der Waals surface area contributed by atoms with E-state index < -0.39 is 0 Å². The quantitative estimate of drug-likeness (QED) is 0.514. The van der Waals surface area contributed by atoms with Crippen molar-refractivity contribution < 1.29 is 0 Å². The minimum Gasteiger partial charge on any atom is -0.340 e. The molecule has 0 radical (unpaired) electrons. The molecule has 2 aromatic heterocycles. The minimum absolute atomic E-state index is 0.514. The number of hydrogen-bond donors (Lipinski definition) is 3. The Morgan fingerprint density at radius 2 is 1.62 bits per heavy atom. The summed E-state index contributed by atoms with van der Waals surface area (Å²) in [5.41, 5.74) is 7.15. The summed E-state index contributed by atoms with van der Waals surface area (Å²) in [5, 5.41) is 17.4. The van der Waals surface area contributed by atoms with Gasteiger partial charge in [0.15, 0.2) is 0 Å². The molecule has 2 aromatic carbocycles. The highest BCUT2D eigenvalue weighted by Gasteiger charge is 2.07. The molecule has 0 saturated heterocycles. The summed E-state index contributed by atoms with van der Waals surface area (Å²) in [6.07, 6.45) is 1.73. The molecule has 0 saturated carbocycles. The molecule has 2 heterocycles. The van der Waals surface area contributed by atoms with E-state index in [-0.39, 0.29) is 0 Å². The molecule has 3 N–H and O–H groups in total. The molecule has 0 aliphatic carbocycles. The van der Waals surface area contributed by atoms with Crippen molar-refractivity contribution >= 4 is 34.2 Å². The van der Waals surface area contributed by atoms with Crippen molar-refractivity contribution in [2.45, 2.75) is 20.8 Å². The van der Waals surface area contributed by atoms with Crippen LogP contribution in [-0.2, 0) is 0 Å². The zero-order valence-electron chi connectivity index (χ0n) is 14.8. The van der Waals surface area contributed by atoms with E-state index in [0.717, 1.165) is 28.2 Å². The van der Waals surface area contributed by atoms with Crippen molar-refractivity contribution in [2.24, 2.45) is 0 Å². The van der Waals surface area contributed by atoms with Gasteiger partial charge in [-0.2, -0.15) is 20.4 Å². The number of nitrogens with zero attached hydrogens (tertiary/aromatic N) is 4. The second kappa shape index (κ2) is 6.44. The Morgan fingerprint density at radius 1 is 0.846 bits per heavy atom. The van der Waals surface area contributed by atoms with Crippen LogP contribution >= 0.6 is 0 Å². The molecule has 7 heteroatoms. The second-order valence-electron chi connectivity index (χ2n) is 6.32. The average molecular weight is 345 g/mol. The number of aryl methyl sites for hydroxylation is 3. The van der Waals surface area contributed by atoms with Crippen LogP contribution in [0.4, 0.5) is 23.1 Å². The largest absolute Gasteiger partial charge is 0.340 e. The monoisotopic (exact) mass is 345 g/mol. The fraction of sp³-hybridized carbons (Fsp3) is 0.158. The van der Waals surface area contributed by atoms with E-state index >= 15 is 0 Å². The maximum atomic E-state index is 4.56. The number of benzene rings is 2. The third-order valence-corrected chi connectivity index (χ3v) is 4.16. The molecule has 0 bridgehead atoms. The Bertz CT molecular complexity index is 1060. The van der Waals surface area contributed by atoms with Crippen molar-refractivity contribution in [2.75, 3.05) is 10.6 Å². The molecular formula is C19H19N7. The first-order chi connectivity index (χ1) is 12.6. The summed E-state index contributed by atoms with van der Waals surface area (Å²) >= 11 is 0. The number of rotatable bonds is 4. The van der Waals surface area contributed by atoms with Gasteiger partial charge in [0, 0.05) is 17.6 Å². The number of anilines is 4. The zero-order chi connectivity index (χ0) is 18.1. The van der Waals surface area contributed by atoms with E-state index in [1.165, 1.54) is 16.7 Å². The fourth-order valence-corrected chi connectivity index (χ4v) is 3.04. The first-order valence-electron chi connectivity index (χ1n) is 8.34. The molecule has 130 valence electrons. The Hall–Kier alpha value is -3.48. The zero-order valence-corrected chi connectivity index (χ0v) is 14.8. The SMILES string of the molecule is Cc1cc(C)c(Nc2ccnc(Nc3ccc4n[nH]nc4c3)n2)c(C)c1. The molecule has 7 nitrogen and oxygen atoms in total. The van der Waals surface area contributed by atoms with Crippen LogP contribution in [-0.4, -0.2) is 25.4 Å². The van der Waals surface area contributed by atoms with Crippen LogP contribution in [0.2, 0.25) is 0 Å². The number of H-pyrrole nitrogens is 1. The molecule has 0 unspecified atom stereocenters. The molecule has 0 aliphatic heterocycles. The maximum Gasteiger partial charge on any atom is 0.229 e. The second-order valence-corrected chi connectivity index (χ2v) is 6.32. The predicted octanol–water partition coefficient (Wildman–Crippen LogP) is 4.16. The average Bonchev–Trinajstić information content (AvgIpc) is 3.06. The summed E-state index contributed by atoms with van der Waals surface area (Å²) in [7, 11) is 0. The summed E-state index contributed by atoms with van der Waals surface area (Å²) < 4.78 is 0. The topological polar surface area (TPSA) is 91.4 Å². The summed E-state index contributed by atoms with van der Waals surface area (Å²) in [4.78, 5) is 8.86. The molecule has 0 fully saturated rings. The van der Waals surface area contributed by atoms with Gasteiger partial charge in [-0.15, -0.1) is 0 Å². The normalized spacial score (nSPS) is 10.9. The Morgan fingerprint density at radius 3 is 2.42 bits per heavy atom. The lowest BCUT2D eigenvalue weighted by Crippen LogP contribution is -2.02. The van der Waals surface area contributed by atoms with Crippen LogP contribution < -0.4 is 10.6 Å². The van der Waals surface area contributed by atoms with Crippen molar-refractivity contribution in [1.29, 1.82) is 0 Å². The lowest BCUT2D eigenvalue weighted by atomic mass is 10.1. The highest BCUT2D eigenvalue weighted by molar-refractivity contribution is 5.79. The third-order valence-electron chi connectivity index (χ3n) is 4.16. The maximum absolute atomic E-state index is 4.56. The van der Waals surface area contributed by atoms with Crippen LogP contribution in [0.15, 0.2) is 42.6 Å². The third kappa shape index (κ3) is 3.19. The number of fused-ring (bicyclic) bond motifs is 1. The van der Waals surface area contributed by atoms with Crippen molar-refractivity contribution in [3.05, 3.63) is 59.3 Å². The van der Waals surface area contributed by atoms with Crippen molar-refractivity contribution in [3.63, 3.8) is 0 Å². The number of aromatic amines is 1. The minimum atomic E-state index is 0.514. The lowest BCUT2D eigenvalue weighted by molar-refractivity contribution is 0.959. The van der Waals surface area contributed by atoms with Gasteiger partial charge in [0.25, 0.3) is 0 Å². The first-order valence-corrected chi connectivity index (χ1v) is 8.34. The first kappa shape index (κ1) is 16.0. The van der Waals surface area contributed by atoms with Gasteiger partial charge >= 0.3 is 0 Å². The predicted molar refractivity (Wildman–Crippen MR) is 103 cm³/mol. The van der Waals surface area contributed by atoms with Crippen LogP contribution in [0, 0.1) is 20.8 Å². The van der Waals surface area contributed by atoms with Crippen LogP contribution in [0.1, 0.15) is 16.7 Å². The lowest BCUT2D eigenvalue weighted by Gasteiger charge is -2.14. The van der Waals surface area contributed by atoms with E-state index in [1.54, 1.807) is 6.20 Å². The molecule has 0 aliphatic rings. The number of aromatic nitrogens is 5. The van der Waals surface area contributed by atoms with Gasteiger partial charge in [-0.25, -0.2) is 4.98 Å². The van der Waals surface area contributed by atoms with E-state index in [9.17, 15) is 0 Å². The molecule has 4 rings (SSSR count).